The zero-order valence-electron chi connectivity index (χ0n) is 19.3. The molecule has 1 atom stereocenters. The molecule has 36 heavy (non-hydrogen) atoms. The van der Waals surface area contributed by atoms with Crippen LogP contribution in [0.4, 0.5) is 26.3 Å². The van der Waals surface area contributed by atoms with Crippen molar-refractivity contribution in [2.24, 2.45) is 5.92 Å². The first-order chi connectivity index (χ1) is 16.7. The number of halogens is 6. The fraction of sp³-hybridized carbons (Fsp3) is 0.259. The van der Waals surface area contributed by atoms with Gasteiger partial charge in [0.05, 0.1) is 17.0 Å². The Balaban J connectivity index is 2.33. The van der Waals surface area contributed by atoms with E-state index in [9.17, 15) is 36.2 Å². The van der Waals surface area contributed by atoms with Crippen LogP contribution in [-0.2, 0) is 17.1 Å². The van der Waals surface area contributed by atoms with Crippen LogP contribution in [-0.4, -0.2) is 17.3 Å². The van der Waals surface area contributed by atoms with Crippen molar-refractivity contribution < 1.29 is 36.2 Å². The number of carbonyl (C=O) groups is 1. The molecule has 0 heterocycles. The minimum Gasteiger partial charge on any atom is -0.481 e. The van der Waals surface area contributed by atoms with E-state index in [1.807, 2.05) is 13.8 Å². The third-order valence-electron chi connectivity index (χ3n) is 5.67. The molecule has 0 amide bonds. The number of hydrogen-bond donors (Lipinski definition) is 2. The fourth-order valence-electron chi connectivity index (χ4n) is 3.97. The highest BCUT2D eigenvalue weighted by Gasteiger charge is 2.37. The largest absolute Gasteiger partial charge is 0.481 e. The summed E-state index contributed by atoms with van der Waals surface area (Å²) in [5, 5.41) is 17.3. The molecule has 0 saturated heterocycles. The molecule has 0 bridgehead atoms. The molecule has 190 valence electrons. The van der Waals surface area contributed by atoms with Gasteiger partial charge in [-0.2, -0.15) is 26.3 Å². The van der Waals surface area contributed by atoms with E-state index in [4.69, 9.17) is 5.41 Å². The quantitative estimate of drug-likeness (QED) is 0.250. The number of alkyl halides is 6. The molecule has 0 aliphatic heterocycles. The van der Waals surface area contributed by atoms with Gasteiger partial charge in [0.25, 0.3) is 0 Å². The molecule has 0 saturated carbocycles. The topological polar surface area (TPSA) is 61.1 Å². The zero-order chi connectivity index (χ0) is 26.8. The van der Waals surface area contributed by atoms with Crippen LogP contribution in [0, 0.1) is 11.3 Å². The summed E-state index contributed by atoms with van der Waals surface area (Å²) in [7, 11) is 0. The summed E-state index contributed by atoms with van der Waals surface area (Å²) >= 11 is 0. The Morgan fingerprint density at radius 1 is 0.833 bits per heavy atom. The van der Waals surface area contributed by atoms with E-state index >= 15 is 0 Å². The molecular weight excluding hydrogens is 484 g/mol. The van der Waals surface area contributed by atoms with E-state index in [0.717, 1.165) is 6.21 Å². The summed E-state index contributed by atoms with van der Waals surface area (Å²) < 4.78 is 80.8. The number of nitrogens with one attached hydrogen (secondary N) is 1. The lowest BCUT2D eigenvalue weighted by atomic mass is 9.86. The maximum Gasteiger partial charge on any atom is 0.416 e. The van der Waals surface area contributed by atoms with E-state index in [1.54, 1.807) is 30.3 Å². The highest BCUT2D eigenvalue weighted by Crippen LogP contribution is 2.40. The van der Waals surface area contributed by atoms with Gasteiger partial charge >= 0.3 is 18.3 Å². The second-order valence-corrected chi connectivity index (χ2v) is 8.93. The van der Waals surface area contributed by atoms with Crippen molar-refractivity contribution in [3.8, 4) is 22.3 Å². The first-order valence-electron chi connectivity index (χ1n) is 11.0. The van der Waals surface area contributed by atoms with Gasteiger partial charge in [-0.1, -0.05) is 44.2 Å². The van der Waals surface area contributed by atoms with Crippen molar-refractivity contribution in [2.75, 3.05) is 0 Å². The van der Waals surface area contributed by atoms with Crippen LogP contribution in [0.15, 0.2) is 60.7 Å². The van der Waals surface area contributed by atoms with Crippen LogP contribution in [0.3, 0.4) is 0 Å². The predicted molar refractivity (Wildman–Crippen MR) is 125 cm³/mol. The number of rotatable bonds is 7. The van der Waals surface area contributed by atoms with E-state index in [2.05, 4.69) is 0 Å². The molecule has 0 aliphatic rings. The normalized spacial score (nSPS) is 13.0. The lowest BCUT2D eigenvalue weighted by Gasteiger charge is -2.19. The summed E-state index contributed by atoms with van der Waals surface area (Å²) in [4.78, 5) is 12.1. The van der Waals surface area contributed by atoms with Gasteiger partial charge in [-0.05, 0) is 76.1 Å². The molecule has 9 heteroatoms. The molecule has 0 fully saturated rings. The smallest absolute Gasteiger partial charge is 0.416 e. The van der Waals surface area contributed by atoms with Gasteiger partial charge < -0.3 is 10.5 Å². The number of aliphatic carboxylic acids is 1. The minimum absolute atomic E-state index is 0.0226. The minimum atomic E-state index is -5.02. The van der Waals surface area contributed by atoms with Gasteiger partial charge in [-0.3, -0.25) is 4.79 Å². The second kappa shape index (κ2) is 10.2. The van der Waals surface area contributed by atoms with Crippen molar-refractivity contribution in [1.29, 1.82) is 5.41 Å². The predicted octanol–water partition coefficient (Wildman–Crippen LogP) is 8.27. The zero-order valence-corrected chi connectivity index (χ0v) is 19.3. The fourth-order valence-corrected chi connectivity index (χ4v) is 3.97. The van der Waals surface area contributed by atoms with Crippen molar-refractivity contribution in [1.82, 2.24) is 0 Å². The highest BCUT2D eigenvalue weighted by atomic mass is 19.4. The Morgan fingerprint density at radius 3 is 1.83 bits per heavy atom. The Morgan fingerprint density at radius 2 is 1.36 bits per heavy atom. The number of benzene rings is 3. The molecule has 0 spiro atoms. The second-order valence-electron chi connectivity index (χ2n) is 8.93. The van der Waals surface area contributed by atoms with Crippen LogP contribution in [0.5, 0.6) is 0 Å². The first-order valence-corrected chi connectivity index (χ1v) is 11.0. The molecule has 0 aromatic heterocycles. The Labute approximate surface area is 203 Å². The van der Waals surface area contributed by atoms with Crippen molar-refractivity contribution in [3.05, 3.63) is 82.9 Å². The van der Waals surface area contributed by atoms with Crippen molar-refractivity contribution in [2.45, 2.75) is 38.5 Å². The molecule has 1 unspecified atom stereocenters. The summed E-state index contributed by atoms with van der Waals surface area (Å²) in [6, 6.07) is 12.3. The molecule has 3 aromatic carbocycles. The summed E-state index contributed by atoms with van der Waals surface area (Å²) in [5.74, 6) is -2.22. The third kappa shape index (κ3) is 6.33. The van der Waals surface area contributed by atoms with Crippen molar-refractivity contribution >= 4 is 12.2 Å². The lowest BCUT2D eigenvalue weighted by Crippen LogP contribution is -2.14. The Bertz CT molecular complexity index is 1250. The van der Waals surface area contributed by atoms with Crippen LogP contribution in [0.1, 0.15) is 48.4 Å². The summed E-state index contributed by atoms with van der Waals surface area (Å²) in [6.45, 7) is 3.63. The number of carboxylic acid groups (broad SMARTS) is 1. The molecule has 3 rings (SSSR count). The molecular formula is C27H23F6NO2. The SMILES string of the molecule is CC(C)CC(C(=O)O)c1cc(-c2cccc(C=N)c2)cc(-c2cc(C(F)(F)F)cc(C(F)(F)F)c2)c1. The monoisotopic (exact) mass is 507 g/mol. The van der Waals surface area contributed by atoms with Crippen LogP contribution < -0.4 is 0 Å². The highest BCUT2D eigenvalue weighted by molar-refractivity contribution is 5.83. The lowest BCUT2D eigenvalue weighted by molar-refractivity contribution is -0.143. The van der Waals surface area contributed by atoms with E-state index in [0.29, 0.717) is 28.8 Å². The first kappa shape index (κ1) is 27.0. The van der Waals surface area contributed by atoms with Crippen LogP contribution in [0.25, 0.3) is 22.3 Å². The molecule has 3 aromatic rings. The molecule has 0 aliphatic carbocycles. The van der Waals surface area contributed by atoms with Gasteiger partial charge in [0, 0.05) is 6.21 Å². The Kier molecular flexibility index (Phi) is 7.62. The van der Waals surface area contributed by atoms with Gasteiger partial charge in [-0.25, -0.2) is 0 Å². The standard InChI is InChI=1S/C27H23F6NO2/c1-15(2)6-24(25(35)36)21-9-18(17-5-3-4-16(7-17)14-34)8-19(10-21)20-11-22(26(28,29)30)13-23(12-20)27(31,32)33/h3-5,7-15,24,34H,6H2,1-2H3,(H,35,36). The van der Waals surface area contributed by atoms with Gasteiger partial charge in [-0.15, -0.1) is 0 Å². The average Bonchev–Trinajstić information content (AvgIpc) is 2.80. The maximum absolute atomic E-state index is 13.5. The van der Waals surface area contributed by atoms with Crippen LogP contribution >= 0.6 is 0 Å². The average molecular weight is 507 g/mol. The third-order valence-corrected chi connectivity index (χ3v) is 5.67. The van der Waals surface area contributed by atoms with E-state index in [1.165, 1.54) is 12.1 Å². The van der Waals surface area contributed by atoms with Gasteiger partial charge in [0.1, 0.15) is 0 Å². The molecule has 3 nitrogen and oxygen atoms in total. The number of hydrogen-bond acceptors (Lipinski definition) is 2. The van der Waals surface area contributed by atoms with E-state index < -0.39 is 35.4 Å². The Hall–Kier alpha value is -3.62. The van der Waals surface area contributed by atoms with Crippen molar-refractivity contribution in [3.63, 3.8) is 0 Å². The van der Waals surface area contributed by atoms with E-state index in [-0.39, 0.29) is 35.1 Å². The molecule has 0 radical (unpaired) electrons. The summed E-state index contributed by atoms with van der Waals surface area (Å²) in [6.07, 6.45) is -8.73. The number of carboxylic acids is 1. The molecule has 2 N–H and O–H groups in total. The maximum atomic E-state index is 13.5. The van der Waals surface area contributed by atoms with Crippen LogP contribution in [0.2, 0.25) is 0 Å². The summed E-state index contributed by atoms with van der Waals surface area (Å²) in [5.41, 5.74) is -1.50. The van der Waals surface area contributed by atoms with Gasteiger partial charge in [0.15, 0.2) is 0 Å². The van der Waals surface area contributed by atoms with Gasteiger partial charge in [0.2, 0.25) is 0 Å².